The minimum atomic E-state index is 0.319. The topological polar surface area (TPSA) is 21.3 Å². The molecule has 20 heavy (non-hydrogen) atoms. The minimum absolute atomic E-state index is 0.319. The summed E-state index contributed by atoms with van der Waals surface area (Å²) in [7, 11) is 0. The van der Waals surface area contributed by atoms with Crippen molar-refractivity contribution < 1.29 is 4.74 Å². The summed E-state index contributed by atoms with van der Waals surface area (Å²) in [6.07, 6.45) is 6.81. The van der Waals surface area contributed by atoms with Gasteiger partial charge in [-0.1, -0.05) is 69.7 Å². The Morgan fingerprint density at radius 3 is 2.55 bits per heavy atom. The molecule has 0 aliphatic heterocycles. The van der Waals surface area contributed by atoms with E-state index in [1.807, 2.05) is 6.07 Å². The molecule has 0 saturated carbocycles. The highest BCUT2D eigenvalue weighted by molar-refractivity contribution is 5.48. The molecule has 1 N–H and O–H groups in total. The van der Waals surface area contributed by atoms with Gasteiger partial charge in [-0.25, -0.2) is 0 Å². The van der Waals surface area contributed by atoms with Crippen LogP contribution in [0.5, 0.6) is 0 Å². The van der Waals surface area contributed by atoms with Gasteiger partial charge in [0, 0.05) is 6.54 Å². The summed E-state index contributed by atoms with van der Waals surface area (Å²) >= 11 is 0. The Morgan fingerprint density at radius 1 is 1.15 bits per heavy atom. The van der Waals surface area contributed by atoms with Crippen LogP contribution in [0.4, 0.5) is 0 Å². The molecule has 1 aromatic carbocycles. The molecular weight excluding hydrogens is 246 g/mol. The second-order valence-electron chi connectivity index (χ2n) is 5.61. The SMILES string of the molecule is CCCC(CNCC(C)C)OC/C=C/c1ccccc1. The van der Waals surface area contributed by atoms with Crippen molar-refractivity contribution in [2.75, 3.05) is 19.7 Å². The Morgan fingerprint density at radius 2 is 1.90 bits per heavy atom. The van der Waals surface area contributed by atoms with Gasteiger partial charge < -0.3 is 10.1 Å². The largest absolute Gasteiger partial charge is 0.373 e. The van der Waals surface area contributed by atoms with E-state index in [1.165, 1.54) is 5.56 Å². The van der Waals surface area contributed by atoms with E-state index in [4.69, 9.17) is 4.74 Å². The highest BCUT2D eigenvalue weighted by atomic mass is 16.5. The quantitative estimate of drug-likeness (QED) is 0.693. The van der Waals surface area contributed by atoms with Gasteiger partial charge >= 0.3 is 0 Å². The highest BCUT2D eigenvalue weighted by Gasteiger charge is 2.06. The number of rotatable bonds is 10. The Kier molecular flexibility index (Phi) is 9.01. The van der Waals surface area contributed by atoms with E-state index in [0.29, 0.717) is 18.6 Å². The van der Waals surface area contributed by atoms with Gasteiger partial charge in [-0.2, -0.15) is 0 Å². The summed E-state index contributed by atoms with van der Waals surface area (Å²) in [5.74, 6) is 0.690. The molecule has 0 spiro atoms. The van der Waals surface area contributed by atoms with E-state index >= 15 is 0 Å². The smallest absolute Gasteiger partial charge is 0.0703 e. The summed E-state index contributed by atoms with van der Waals surface area (Å²) in [5, 5.41) is 3.48. The van der Waals surface area contributed by atoms with Gasteiger partial charge in [0.15, 0.2) is 0 Å². The van der Waals surface area contributed by atoms with E-state index in [1.54, 1.807) is 0 Å². The van der Waals surface area contributed by atoms with Crippen LogP contribution < -0.4 is 5.32 Å². The van der Waals surface area contributed by atoms with Crippen LogP contribution in [0.1, 0.15) is 39.2 Å². The lowest BCUT2D eigenvalue weighted by Gasteiger charge is -2.17. The zero-order chi connectivity index (χ0) is 14.6. The van der Waals surface area contributed by atoms with Crippen LogP contribution in [0.25, 0.3) is 6.08 Å². The first-order valence-corrected chi connectivity index (χ1v) is 7.76. The maximum atomic E-state index is 5.94. The van der Waals surface area contributed by atoms with Crippen LogP contribution in [0.15, 0.2) is 36.4 Å². The van der Waals surface area contributed by atoms with Crippen LogP contribution in [0.3, 0.4) is 0 Å². The van der Waals surface area contributed by atoms with Crippen molar-refractivity contribution in [2.45, 2.75) is 39.7 Å². The fourth-order valence-corrected chi connectivity index (χ4v) is 2.04. The van der Waals surface area contributed by atoms with Crippen molar-refractivity contribution in [2.24, 2.45) is 5.92 Å². The Balaban J connectivity index is 2.26. The molecular formula is C18H29NO. The van der Waals surface area contributed by atoms with Crippen LogP contribution >= 0.6 is 0 Å². The summed E-state index contributed by atoms with van der Waals surface area (Å²) in [5.41, 5.74) is 1.22. The highest BCUT2D eigenvalue weighted by Crippen LogP contribution is 2.04. The van der Waals surface area contributed by atoms with Crippen LogP contribution in [-0.4, -0.2) is 25.8 Å². The maximum Gasteiger partial charge on any atom is 0.0703 e. The molecule has 1 atom stereocenters. The van der Waals surface area contributed by atoms with E-state index in [9.17, 15) is 0 Å². The predicted octanol–water partition coefficient (Wildman–Crippen LogP) is 4.13. The molecule has 112 valence electrons. The Hall–Kier alpha value is -1.12. The van der Waals surface area contributed by atoms with Gasteiger partial charge in [0.2, 0.25) is 0 Å². The summed E-state index contributed by atoms with van der Waals surface area (Å²) in [4.78, 5) is 0. The standard InChI is InChI=1S/C18H29NO/c1-4-9-18(15-19-14-16(2)3)20-13-8-12-17-10-6-5-7-11-17/h5-8,10-12,16,18-19H,4,9,13-15H2,1-3H3/b12-8+. The fourth-order valence-electron chi connectivity index (χ4n) is 2.04. The monoisotopic (exact) mass is 275 g/mol. The zero-order valence-electron chi connectivity index (χ0n) is 13.1. The molecule has 1 aromatic rings. The first-order valence-electron chi connectivity index (χ1n) is 7.76. The van der Waals surface area contributed by atoms with E-state index in [0.717, 1.165) is 25.9 Å². The van der Waals surface area contributed by atoms with E-state index in [-0.39, 0.29) is 0 Å². The van der Waals surface area contributed by atoms with Gasteiger partial charge in [-0.05, 0) is 24.4 Å². The fraction of sp³-hybridized carbons (Fsp3) is 0.556. The van der Waals surface area contributed by atoms with Crippen LogP contribution in [-0.2, 0) is 4.74 Å². The third kappa shape index (κ3) is 8.13. The van der Waals surface area contributed by atoms with Gasteiger partial charge in [0.05, 0.1) is 12.7 Å². The van der Waals surface area contributed by atoms with Crippen molar-refractivity contribution in [3.05, 3.63) is 42.0 Å². The second-order valence-corrected chi connectivity index (χ2v) is 5.61. The maximum absolute atomic E-state index is 5.94. The molecule has 0 heterocycles. The van der Waals surface area contributed by atoms with Crippen molar-refractivity contribution in [3.8, 4) is 0 Å². The van der Waals surface area contributed by atoms with E-state index in [2.05, 4.69) is 62.5 Å². The van der Waals surface area contributed by atoms with E-state index < -0.39 is 0 Å². The van der Waals surface area contributed by atoms with Gasteiger partial charge in [-0.15, -0.1) is 0 Å². The van der Waals surface area contributed by atoms with Gasteiger partial charge in [-0.3, -0.25) is 0 Å². The van der Waals surface area contributed by atoms with Gasteiger partial charge in [0.1, 0.15) is 0 Å². The Labute approximate surface area is 124 Å². The third-order valence-corrected chi connectivity index (χ3v) is 3.07. The lowest BCUT2D eigenvalue weighted by Crippen LogP contribution is -2.31. The molecule has 2 heteroatoms. The third-order valence-electron chi connectivity index (χ3n) is 3.07. The molecule has 0 bridgehead atoms. The molecule has 0 fully saturated rings. The molecule has 0 aliphatic carbocycles. The molecule has 0 saturated heterocycles. The number of hydrogen-bond acceptors (Lipinski definition) is 2. The zero-order valence-corrected chi connectivity index (χ0v) is 13.1. The number of hydrogen-bond donors (Lipinski definition) is 1. The number of benzene rings is 1. The summed E-state index contributed by atoms with van der Waals surface area (Å²) in [6, 6.07) is 10.3. The normalized spacial score (nSPS) is 13.2. The first-order chi connectivity index (χ1) is 9.72. The first kappa shape index (κ1) is 16.9. The second kappa shape index (κ2) is 10.6. The van der Waals surface area contributed by atoms with Crippen molar-refractivity contribution in [3.63, 3.8) is 0 Å². The number of ether oxygens (including phenoxy) is 1. The molecule has 1 rings (SSSR count). The van der Waals surface area contributed by atoms with Crippen molar-refractivity contribution >= 4 is 6.08 Å². The molecule has 0 radical (unpaired) electrons. The number of nitrogens with one attached hydrogen (secondary N) is 1. The van der Waals surface area contributed by atoms with Gasteiger partial charge in [0.25, 0.3) is 0 Å². The lowest BCUT2D eigenvalue weighted by molar-refractivity contribution is 0.0669. The van der Waals surface area contributed by atoms with Crippen LogP contribution in [0.2, 0.25) is 0 Å². The Bertz CT molecular complexity index is 359. The lowest BCUT2D eigenvalue weighted by atomic mass is 10.2. The molecule has 0 amide bonds. The molecule has 2 nitrogen and oxygen atoms in total. The minimum Gasteiger partial charge on any atom is -0.373 e. The average molecular weight is 275 g/mol. The molecule has 0 aliphatic rings. The molecule has 1 unspecified atom stereocenters. The van der Waals surface area contributed by atoms with Crippen LogP contribution in [0, 0.1) is 5.92 Å². The van der Waals surface area contributed by atoms with Crippen molar-refractivity contribution in [1.29, 1.82) is 0 Å². The summed E-state index contributed by atoms with van der Waals surface area (Å²) < 4.78 is 5.94. The molecule has 0 aromatic heterocycles. The van der Waals surface area contributed by atoms with Crippen molar-refractivity contribution in [1.82, 2.24) is 5.32 Å². The average Bonchev–Trinajstić information content (AvgIpc) is 2.44. The summed E-state index contributed by atoms with van der Waals surface area (Å²) in [6.45, 7) is 9.35. The predicted molar refractivity (Wildman–Crippen MR) is 87.8 cm³/mol.